The van der Waals surface area contributed by atoms with Gasteiger partial charge in [0.1, 0.15) is 12.1 Å². The molecule has 1 aliphatic heterocycles. The number of nitrogens with zero attached hydrogens (tertiary/aromatic N) is 1. The van der Waals surface area contributed by atoms with E-state index in [0.717, 1.165) is 5.56 Å². The molecule has 1 fully saturated rings. The number of likely N-dealkylation sites (tertiary alicyclic amines) is 1. The minimum Gasteiger partial charge on any atom is -0.342 e. The molecule has 1 aromatic carbocycles. The Hall–Kier alpha value is -2.21. The van der Waals surface area contributed by atoms with Gasteiger partial charge in [0.2, 0.25) is 11.8 Å². The van der Waals surface area contributed by atoms with Crippen molar-refractivity contribution in [1.29, 1.82) is 0 Å². The van der Waals surface area contributed by atoms with Crippen LogP contribution in [0, 0.1) is 6.92 Å². The molecule has 6 heteroatoms. The minimum atomic E-state index is -0.864. The van der Waals surface area contributed by atoms with Crippen molar-refractivity contribution in [2.45, 2.75) is 45.3 Å². The molecule has 0 saturated carbocycles. The number of nitrogens with one attached hydrogen (secondary N) is 1. The number of aryl methyl sites for hydroxylation is 1. The Balaban J connectivity index is 2.04. The van der Waals surface area contributed by atoms with E-state index in [2.05, 4.69) is 5.32 Å². The zero-order valence-corrected chi connectivity index (χ0v) is 13.0. The largest absolute Gasteiger partial charge is 0.342 e. The lowest BCUT2D eigenvalue weighted by Gasteiger charge is -2.20. The van der Waals surface area contributed by atoms with Crippen LogP contribution in [0.25, 0.3) is 0 Å². The number of amides is 3. The van der Waals surface area contributed by atoms with Crippen LogP contribution in [-0.4, -0.2) is 34.7 Å². The van der Waals surface area contributed by atoms with Gasteiger partial charge in [0.15, 0.2) is 0 Å². The lowest BCUT2D eigenvalue weighted by Crippen LogP contribution is -2.46. The molecular formula is C16H21N3O3. The third-order valence-electron chi connectivity index (χ3n) is 3.73. The highest BCUT2D eigenvalue weighted by molar-refractivity contribution is 6.07. The monoisotopic (exact) mass is 303 g/mol. The number of carbonyl (C=O) groups excluding carboxylic acids is 3. The van der Waals surface area contributed by atoms with E-state index < -0.39 is 18.0 Å². The lowest BCUT2D eigenvalue weighted by atomic mass is 10.0. The van der Waals surface area contributed by atoms with Crippen molar-refractivity contribution in [3.05, 3.63) is 35.4 Å². The molecule has 0 bridgehead atoms. The zero-order valence-electron chi connectivity index (χ0n) is 13.0. The molecule has 2 atom stereocenters. The molecule has 0 aromatic heterocycles. The van der Waals surface area contributed by atoms with E-state index in [-0.39, 0.29) is 24.3 Å². The van der Waals surface area contributed by atoms with Gasteiger partial charge < -0.3 is 11.1 Å². The van der Waals surface area contributed by atoms with Crippen molar-refractivity contribution >= 4 is 17.7 Å². The summed E-state index contributed by atoms with van der Waals surface area (Å²) in [6, 6.07) is 5.40. The van der Waals surface area contributed by atoms with Crippen molar-refractivity contribution < 1.29 is 14.4 Å². The topological polar surface area (TPSA) is 92.5 Å². The van der Waals surface area contributed by atoms with Crippen LogP contribution in [0.5, 0.6) is 0 Å². The van der Waals surface area contributed by atoms with Gasteiger partial charge in [-0.2, -0.15) is 0 Å². The standard InChI is InChI=1S/C16H21N3O3/c1-9(2)19-13(20)8-12(16(19)22)18-15(21)14(17)11-6-4-10(3)5-7-11/h4-7,9,12,14H,8,17H2,1-3H3,(H,18,21). The van der Waals surface area contributed by atoms with Gasteiger partial charge in [-0.25, -0.2) is 0 Å². The summed E-state index contributed by atoms with van der Waals surface area (Å²) in [5.74, 6) is -1.10. The van der Waals surface area contributed by atoms with Crippen LogP contribution in [0.15, 0.2) is 24.3 Å². The van der Waals surface area contributed by atoms with Crippen molar-refractivity contribution in [1.82, 2.24) is 10.2 Å². The van der Waals surface area contributed by atoms with Gasteiger partial charge in [-0.05, 0) is 26.3 Å². The predicted molar refractivity (Wildman–Crippen MR) is 81.6 cm³/mol. The first kappa shape index (κ1) is 16.2. The van der Waals surface area contributed by atoms with Gasteiger partial charge in [0, 0.05) is 6.04 Å². The van der Waals surface area contributed by atoms with E-state index in [1.807, 2.05) is 19.1 Å². The highest BCUT2D eigenvalue weighted by Crippen LogP contribution is 2.18. The summed E-state index contributed by atoms with van der Waals surface area (Å²) >= 11 is 0. The van der Waals surface area contributed by atoms with Gasteiger partial charge in [0.25, 0.3) is 5.91 Å². The van der Waals surface area contributed by atoms with Crippen molar-refractivity contribution in [3.63, 3.8) is 0 Å². The Labute approximate surface area is 129 Å². The third kappa shape index (κ3) is 3.17. The summed E-state index contributed by atoms with van der Waals surface area (Å²) in [6.07, 6.45) is -0.0105. The number of imide groups is 1. The second-order valence-corrected chi connectivity index (χ2v) is 5.85. The second kappa shape index (κ2) is 6.27. The lowest BCUT2D eigenvalue weighted by molar-refractivity contribution is -0.141. The highest BCUT2D eigenvalue weighted by atomic mass is 16.2. The van der Waals surface area contributed by atoms with Gasteiger partial charge in [-0.15, -0.1) is 0 Å². The Bertz CT molecular complexity index is 595. The normalized spacial score (nSPS) is 19.7. The number of hydrogen-bond acceptors (Lipinski definition) is 4. The summed E-state index contributed by atoms with van der Waals surface area (Å²) < 4.78 is 0. The van der Waals surface area contributed by atoms with E-state index in [9.17, 15) is 14.4 Å². The fourth-order valence-corrected chi connectivity index (χ4v) is 2.49. The summed E-state index contributed by atoms with van der Waals surface area (Å²) in [5.41, 5.74) is 7.66. The highest BCUT2D eigenvalue weighted by Gasteiger charge is 2.41. The van der Waals surface area contributed by atoms with Crippen molar-refractivity contribution in [2.75, 3.05) is 0 Å². The van der Waals surface area contributed by atoms with E-state index in [4.69, 9.17) is 5.73 Å². The Morgan fingerprint density at radius 1 is 1.27 bits per heavy atom. The first-order valence-corrected chi connectivity index (χ1v) is 7.29. The molecule has 118 valence electrons. The maximum absolute atomic E-state index is 12.2. The van der Waals surface area contributed by atoms with E-state index >= 15 is 0 Å². The number of nitrogens with two attached hydrogens (primary N) is 1. The number of carbonyl (C=O) groups is 3. The smallest absolute Gasteiger partial charge is 0.252 e. The summed E-state index contributed by atoms with van der Waals surface area (Å²) in [6.45, 7) is 5.47. The average molecular weight is 303 g/mol. The molecule has 2 rings (SSSR count). The summed E-state index contributed by atoms with van der Waals surface area (Å²) in [5, 5.41) is 2.58. The average Bonchev–Trinajstić information content (AvgIpc) is 2.73. The fourth-order valence-electron chi connectivity index (χ4n) is 2.49. The summed E-state index contributed by atoms with van der Waals surface area (Å²) in [7, 11) is 0. The van der Waals surface area contributed by atoms with Gasteiger partial charge in [-0.1, -0.05) is 29.8 Å². The molecule has 6 nitrogen and oxygen atoms in total. The van der Waals surface area contributed by atoms with Crippen LogP contribution in [0.3, 0.4) is 0 Å². The first-order valence-electron chi connectivity index (χ1n) is 7.29. The first-order chi connectivity index (χ1) is 10.3. The van der Waals surface area contributed by atoms with Crippen LogP contribution in [0.4, 0.5) is 0 Å². The van der Waals surface area contributed by atoms with Crippen molar-refractivity contribution in [3.8, 4) is 0 Å². The molecule has 1 saturated heterocycles. The Morgan fingerprint density at radius 3 is 2.36 bits per heavy atom. The second-order valence-electron chi connectivity index (χ2n) is 5.85. The molecule has 0 radical (unpaired) electrons. The third-order valence-corrected chi connectivity index (χ3v) is 3.73. The minimum absolute atomic E-state index is 0.0105. The molecule has 3 N–H and O–H groups in total. The zero-order chi connectivity index (χ0) is 16.4. The Kier molecular flexibility index (Phi) is 4.61. The molecule has 1 aromatic rings. The summed E-state index contributed by atoms with van der Waals surface area (Å²) in [4.78, 5) is 37.3. The molecule has 0 spiro atoms. The van der Waals surface area contributed by atoms with Crippen LogP contribution in [0.1, 0.15) is 37.4 Å². The van der Waals surface area contributed by atoms with Crippen LogP contribution in [0.2, 0.25) is 0 Å². The van der Waals surface area contributed by atoms with E-state index in [1.54, 1.807) is 26.0 Å². The van der Waals surface area contributed by atoms with E-state index in [0.29, 0.717) is 5.56 Å². The molecule has 2 unspecified atom stereocenters. The maximum atomic E-state index is 12.2. The van der Waals surface area contributed by atoms with Crippen molar-refractivity contribution in [2.24, 2.45) is 5.73 Å². The molecule has 1 heterocycles. The number of rotatable bonds is 4. The molecule has 3 amide bonds. The van der Waals surface area contributed by atoms with E-state index in [1.165, 1.54) is 4.90 Å². The van der Waals surface area contributed by atoms with Crippen LogP contribution >= 0.6 is 0 Å². The quantitative estimate of drug-likeness (QED) is 0.799. The van der Waals surface area contributed by atoms with Crippen LogP contribution in [-0.2, 0) is 14.4 Å². The molecule has 0 aliphatic carbocycles. The molecule has 22 heavy (non-hydrogen) atoms. The van der Waals surface area contributed by atoms with Gasteiger partial charge in [0.05, 0.1) is 6.42 Å². The maximum Gasteiger partial charge on any atom is 0.252 e. The molecule has 1 aliphatic rings. The van der Waals surface area contributed by atoms with Gasteiger partial charge >= 0.3 is 0 Å². The molecular weight excluding hydrogens is 282 g/mol. The number of benzene rings is 1. The SMILES string of the molecule is Cc1ccc(C(N)C(=O)NC2CC(=O)N(C(C)C)C2=O)cc1. The predicted octanol–water partition coefficient (Wildman–Crippen LogP) is 0.647. The fraction of sp³-hybridized carbons (Fsp3) is 0.438. The van der Waals surface area contributed by atoms with Crippen LogP contribution < -0.4 is 11.1 Å². The van der Waals surface area contributed by atoms with Gasteiger partial charge in [-0.3, -0.25) is 19.3 Å². The number of hydrogen-bond donors (Lipinski definition) is 2. The Morgan fingerprint density at radius 2 is 1.86 bits per heavy atom.